The number of halogens is 2. The Morgan fingerprint density at radius 1 is 1.20 bits per heavy atom. The van der Waals surface area contributed by atoms with Crippen molar-refractivity contribution >= 4 is 38.7 Å². The fourth-order valence-electron chi connectivity index (χ4n) is 1.16. The van der Waals surface area contributed by atoms with Crippen molar-refractivity contribution in [3.05, 3.63) is 35.9 Å². The van der Waals surface area contributed by atoms with Crippen LogP contribution in [0, 0.1) is 0 Å². The lowest BCUT2D eigenvalue weighted by atomic mass is 10.1. The number of ketones is 1. The number of rotatable bonds is 6. The summed E-state index contributed by atoms with van der Waals surface area (Å²) in [5.41, 5.74) is 0.799. The molecule has 0 saturated carbocycles. The van der Waals surface area contributed by atoms with E-state index in [0.717, 1.165) is 24.0 Å². The van der Waals surface area contributed by atoms with Gasteiger partial charge in [-0.15, -0.1) is 17.0 Å². The maximum atomic E-state index is 11.6. The zero-order chi connectivity index (χ0) is 10.2. The second-order valence-electron chi connectivity index (χ2n) is 2.98. The molecule has 0 radical (unpaired) electrons. The first-order valence-corrected chi connectivity index (χ1v) is 5.81. The second kappa shape index (κ2) is 9.07. The van der Waals surface area contributed by atoms with E-state index in [4.69, 9.17) is 0 Å². The molecule has 0 aliphatic carbocycles. The lowest BCUT2D eigenvalue weighted by Gasteiger charge is -2.01. The van der Waals surface area contributed by atoms with Crippen molar-refractivity contribution in [2.24, 2.45) is 0 Å². The van der Waals surface area contributed by atoms with Crippen LogP contribution in [0.3, 0.4) is 0 Å². The molecular weight excluding hydrogens is 322 g/mol. The van der Waals surface area contributed by atoms with E-state index in [9.17, 15) is 4.79 Å². The molecule has 1 rings (SSSR count). The summed E-state index contributed by atoms with van der Waals surface area (Å²) in [6, 6.07) is 9.40. The average Bonchev–Trinajstić information content (AvgIpc) is 2.25. The van der Waals surface area contributed by atoms with Crippen LogP contribution in [-0.4, -0.2) is 24.2 Å². The molecule has 0 saturated heterocycles. The molecule has 0 atom stereocenters. The normalized spacial score (nSPS) is 9.40. The Kier molecular flexibility index (Phi) is 8.95. The number of nitrogens with one attached hydrogen (secondary N) is 1. The van der Waals surface area contributed by atoms with Gasteiger partial charge in [0.2, 0.25) is 0 Å². The fourth-order valence-corrected chi connectivity index (χ4v) is 1.44. The van der Waals surface area contributed by atoms with Crippen LogP contribution in [0.5, 0.6) is 0 Å². The van der Waals surface area contributed by atoms with Crippen LogP contribution in [0.15, 0.2) is 30.3 Å². The minimum atomic E-state index is 0. The average molecular weight is 337 g/mol. The molecule has 0 aliphatic heterocycles. The van der Waals surface area contributed by atoms with Gasteiger partial charge in [0.25, 0.3) is 0 Å². The van der Waals surface area contributed by atoms with Crippen LogP contribution >= 0.6 is 32.9 Å². The van der Waals surface area contributed by atoms with E-state index >= 15 is 0 Å². The first-order chi connectivity index (χ1) is 6.84. The van der Waals surface area contributed by atoms with Crippen LogP contribution in [0.1, 0.15) is 16.8 Å². The van der Waals surface area contributed by atoms with E-state index in [-0.39, 0.29) is 22.8 Å². The number of carbonyl (C=O) groups excluding carboxylic acids is 1. The Labute approximate surface area is 109 Å². The molecule has 0 amide bonds. The third-order valence-corrected chi connectivity index (χ3v) is 2.29. The summed E-state index contributed by atoms with van der Waals surface area (Å²) in [4.78, 5) is 11.6. The number of hydrogen-bond acceptors (Lipinski definition) is 2. The Balaban J connectivity index is 0.00000196. The molecule has 1 N–H and O–H groups in total. The summed E-state index contributed by atoms with van der Waals surface area (Å²) in [5.74, 6) is 0.202. The summed E-state index contributed by atoms with van der Waals surface area (Å²) in [7, 11) is 0. The van der Waals surface area contributed by atoms with Crippen LogP contribution < -0.4 is 5.32 Å². The van der Waals surface area contributed by atoms with E-state index in [0.29, 0.717) is 6.42 Å². The molecule has 0 aromatic heterocycles. The van der Waals surface area contributed by atoms with Gasteiger partial charge in [0.15, 0.2) is 5.78 Å². The highest BCUT2D eigenvalue weighted by atomic mass is 79.9. The first-order valence-electron chi connectivity index (χ1n) is 4.69. The molecule has 0 fully saturated rings. The highest BCUT2D eigenvalue weighted by Gasteiger charge is 2.03. The standard InChI is InChI=1S/C11H14BrNO.BrH/c12-7-9-13-8-6-11(14)10-4-2-1-3-5-10;/h1-5,13H,6-9H2;1H. The van der Waals surface area contributed by atoms with Gasteiger partial charge in [0.05, 0.1) is 0 Å². The molecule has 1 aromatic carbocycles. The molecule has 0 bridgehead atoms. The highest BCUT2D eigenvalue weighted by molar-refractivity contribution is 9.09. The van der Waals surface area contributed by atoms with E-state index in [2.05, 4.69) is 21.2 Å². The SMILES string of the molecule is Br.O=C(CCNCCBr)c1ccccc1. The molecule has 0 unspecified atom stereocenters. The molecule has 4 heteroatoms. The number of alkyl halides is 1. The van der Waals surface area contributed by atoms with Crippen molar-refractivity contribution in [3.63, 3.8) is 0 Å². The van der Waals surface area contributed by atoms with Gasteiger partial charge in [-0.3, -0.25) is 4.79 Å². The first kappa shape index (κ1) is 14.8. The minimum absolute atomic E-state index is 0. The van der Waals surface area contributed by atoms with Gasteiger partial charge in [-0.25, -0.2) is 0 Å². The molecule has 15 heavy (non-hydrogen) atoms. The molecule has 1 aromatic rings. The largest absolute Gasteiger partial charge is 0.315 e. The third kappa shape index (κ3) is 6.07. The number of Topliss-reactive ketones (excluding diaryl/α,β-unsaturated/α-hetero) is 1. The van der Waals surface area contributed by atoms with Crippen LogP contribution in [0.4, 0.5) is 0 Å². The van der Waals surface area contributed by atoms with Crippen LogP contribution in [0.25, 0.3) is 0 Å². The lowest BCUT2D eigenvalue weighted by molar-refractivity contribution is 0.0983. The molecular formula is C11H15Br2NO. The Hall–Kier alpha value is -0.190. The van der Waals surface area contributed by atoms with Gasteiger partial charge in [0.1, 0.15) is 0 Å². The van der Waals surface area contributed by atoms with Crippen LogP contribution in [0.2, 0.25) is 0 Å². The van der Waals surface area contributed by atoms with Gasteiger partial charge in [0, 0.05) is 30.4 Å². The predicted molar refractivity (Wildman–Crippen MR) is 72.4 cm³/mol. The topological polar surface area (TPSA) is 29.1 Å². The van der Waals surface area contributed by atoms with Gasteiger partial charge < -0.3 is 5.32 Å². The van der Waals surface area contributed by atoms with Crippen molar-refractivity contribution in [3.8, 4) is 0 Å². The quantitative estimate of drug-likeness (QED) is 0.491. The monoisotopic (exact) mass is 335 g/mol. The second-order valence-corrected chi connectivity index (χ2v) is 3.77. The van der Waals surface area contributed by atoms with Crippen molar-refractivity contribution in [1.29, 1.82) is 0 Å². The van der Waals surface area contributed by atoms with Crippen molar-refractivity contribution < 1.29 is 4.79 Å². The zero-order valence-electron chi connectivity index (χ0n) is 8.41. The lowest BCUT2D eigenvalue weighted by Crippen LogP contribution is -2.20. The predicted octanol–water partition coefficient (Wildman–Crippen LogP) is 2.82. The van der Waals surface area contributed by atoms with Crippen LogP contribution in [-0.2, 0) is 0 Å². The number of carbonyl (C=O) groups is 1. The molecule has 0 heterocycles. The highest BCUT2D eigenvalue weighted by Crippen LogP contribution is 2.01. The summed E-state index contributed by atoms with van der Waals surface area (Å²) in [6.45, 7) is 1.65. The summed E-state index contributed by atoms with van der Waals surface area (Å²) in [6.07, 6.45) is 0.566. The number of hydrogen-bond donors (Lipinski definition) is 1. The molecule has 0 aliphatic rings. The Morgan fingerprint density at radius 3 is 2.47 bits per heavy atom. The van der Waals surface area contributed by atoms with Gasteiger partial charge in [-0.05, 0) is 0 Å². The van der Waals surface area contributed by atoms with Gasteiger partial charge >= 0.3 is 0 Å². The minimum Gasteiger partial charge on any atom is -0.315 e. The van der Waals surface area contributed by atoms with Crippen molar-refractivity contribution in [2.45, 2.75) is 6.42 Å². The molecule has 0 spiro atoms. The molecule has 84 valence electrons. The summed E-state index contributed by atoms with van der Waals surface area (Å²) >= 11 is 3.31. The number of benzene rings is 1. The Morgan fingerprint density at radius 2 is 1.87 bits per heavy atom. The fraction of sp³-hybridized carbons (Fsp3) is 0.364. The van der Waals surface area contributed by atoms with E-state index < -0.39 is 0 Å². The summed E-state index contributed by atoms with van der Waals surface area (Å²) in [5, 5.41) is 4.09. The van der Waals surface area contributed by atoms with Crippen molar-refractivity contribution in [1.82, 2.24) is 5.32 Å². The van der Waals surface area contributed by atoms with Gasteiger partial charge in [-0.2, -0.15) is 0 Å². The van der Waals surface area contributed by atoms with Gasteiger partial charge in [-0.1, -0.05) is 46.3 Å². The maximum absolute atomic E-state index is 11.6. The molecule has 2 nitrogen and oxygen atoms in total. The van der Waals surface area contributed by atoms with E-state index in [1.165, 1.54) is 0 Å². The third-order valence-electron chi connectivity index (χ3n) is 1.90. The smallest absolute Gasteiger partial charge is 0.164 e. The van der Waals surface area contributed by atoms with E-state index in [1.807, 2.05) is 30.3 Å². The van der Waals surface area contributed by atoms with E-state index in [1.54, 1.807) is 0 Å². The van der Waals surface area contributed by atoms with Crippen molar-refractivity contribution in [2.75, 3.05) is 18.4 Å². The Bertz CT molecular complexity index is 277. The maximum Gasteiger partial charge on any atom is 0.164 e. The summed E-state index contributed by atoms with van der Waals surface area (Å²) < 4.78 is 0. The zero-order valence-corrected chi connectivity index (χ0v) is 11.7.